The van der Waals surface area contributed by atoms with E-state index in [-0.39, 0.29) is 28.3 Å². The number of nitrogens with two attached hydrogens (primary N) is 1. The molecule has 0 saturated heterocycles. The van der Waals surface area contributed by atoms with Gasteiger partial charge in [0.05, 0.1) is 10.6 Å². The second kappa shape index (κ2) is 10.6. The second-order valence-electron chi connectivity index (χ2n) is 8.73. The van der Waals surface area contributed by atoms with E-state index in [1.807, 2.05) is 19.0 Å². The van der Waals surface area contributed by atoms with Gasteiger partial charge in [-0.3, -0.25) is 0 Å². The Morgan fingerprint density at radius 2 is 1.69 bits per heavy atom. The Kier molecular flexibility index (Phi) is 7.99. The van der Waals surface area contributed by atoms with Gasteiger partial charge in [0.15, 0.2) is 15.7 Å². The Morgan fingerprint density at radius 3 is 2.29 bits per heavy atom. The fraction of sp³-hybridized carbons (Fsp3) is 0.292. The van der Waals surface area contributed by atoms with Crippen molar-refractivity contribution in [1.82, 2.24) is 20.2 Å². The number of nitrogens with one attached hydrogen (secondary N) is 2. The molecular weight excluding hydrogens is 488 g/mol. The van der Waals surface area contributed by atoms with Crippen molar-refractivity contribution in [2.45, 2.75) is 23.5 Å². The number of anilines is 2. The van der Waals surface area contributed by atoms with Crippen LogP contribution in [0.4, 0.5) is 16.3 Å². The van der Waals surface area contributed by atoms with Crippen LogP contribution in [0.5, 0.6) is 0 Å². The molecule has 11 heteroatoms. The van der Waals surface area contributed by atoms with Crippen molar-refractivity contribution in [3.05, 3.63) is 65.3 Å². The number of hydrogen-bond donors (Lipinski definition) is 3. The van der Waals surface area contributed by atoms with Crippen LogP contribution < -0.4 is 16.4 Å². The van der Waals surface area contributed by atoms with Gasteiger partial charge in [-0.1, -0.05) is 11.6 Å². The number of likely N-dealkylation sites (N-methyl/N-ethyl adjacent to an activating group) is 1. The first-order valence-electron chi connectivity index (χ1n) is 10.9. The van der Waals surface area contributed by atoms with Gasteiger partial charge in [0.1, 0.15) is 10.6 Å². The first-order valence-corrected chi connectivity index (χ1v) is 12.7. The molecule has 0 bridgehead atoms. The van der Waals surface area contributed by atoms with Crippen LogP contribution in [0.3, 0.4) is 0 Å². The molecule has 186 valence electrons. The summed E-state index contributed by atoms with van der Waals surface area (Å²) in [5.41, 5.74) is 7.50. The predicted octanol–water partition coefficient (Wildman–Crippen LogP) is 3.77. The fourth-order valence-electron chi connectivity index (χ4n) is 3.22. The summed E-state index contributed by atoms with van der Waals surface area (Å²) in [6, 6.07) is 14.0. The maximum absolute atomic E-state index is 13.4. The molecule has 0 aliphatic carbocycles. The standard InChI is InChI=1S/C24H29ClN6O3S/c1-24(2,35(33,34)19-11-7-17(25)8-12-19)20-15-21(26)30-22(29-20)16-5-9-18(10-6-16)28-23(32)27-13-14-31(3)4/h5-12,15H,13-14H2,1-4H3,(H2,26,29,30)(H2,27,28,32). The Labute approximate surface area is 210 Å². The second-order valence-corrected chi connectivity index (χ2v) is 11.7. The van der Waals surface area contributed by atoms with Gasteiger partial charge >= 0.3 is 6.03 Å². The van der Waals surface area contributed by atoms with Crippen LogP contribution >= 0.6 is 11.6 Å². The molecule has 0 saturated carbocycles. The van der Waals surface area contributed by atoms with Crippen LogP contribution in [-0.4, -0.2) is 56.5 Å². The van der Waals surface area contributed by atoms with Crippen LogP contribution in [0.2, 0.25) is 5.02 Å². The smallest absolute Gasteiger partial charge is 0.319 e. The van der Waals surface area contributed by atoms with Gasteiger partial charge in [-0.2, -0.15) is 0 Å². The number of rotatable bonds is 8. The third kappa shape index (κ3) is 6.27. The van der Waals surface area contributed by atoms with Crippen molar-refractivity contribution >= 4 is 39.0 Å². The zero-order valence-electron chi connectivity index (χ0n) is 20.0. The highest BCUT2D eigenvalue weighted by Gasteiger charge is 2.39. The van der Waals surface area contributed by atoms with Crippen molar-refractivity contribution in [2.75, 3.05) is 38.2 Å². The average molecular weight is 517 g/mol. The molecule has 0 atom stereocenters. The van der Waals surface area contributed by atoms with Gasteiger partial charge in [-0.05, 0) is 76.5 Å². The number of nitrogen functional groups attached to an aromatic ring is 1. The molecular formula is C24H29ClN6O3S. The number of urea groups is 1. The molecule has 3 aromatic rings. The number of carbonyl (C=O) groups is 1. The molecule has 0 radical (unpaired) electrons. The van der Waals surface area contributed by atoms with Gasteiger partial charge in [-0.15, -0.1) is 0 Å². The van der Waals surface area contributed by atoms with E-state index < -0.39 is 14.6 Å². The molecule has 0 aliphatic rings. The quantitative estimate of drug-likeness (QED) is 0.415. The maximum atomic E-state index is 13.4. The highest BCUT2D eigenvalue weighted by Crippen LogP contribution is 2.35. The van der Waals surface area contributed by atoms with Gasteiger partial charge < -0.3 is 21.3 Å². The van der Waals surface area contributed by atoms with Crippen molar-refractivity contribution in [3.63, 3.8) is 0 Å². The third-order valence-electron chi connectivity index (χ3n) is 5.40. The van der Waals surface area contributed by atoms with Crippen LogP contribution in [0.15, 0.2) is 59.5 Å². The Bertz CT molecular complexity index is 1290. The maximum Gasteiger partial charge on any atom is 0.319 e. The average Bonchev–Trinajstić information content (AvgIpc) is 2.79. The SMILES string of the molecule is CN(C)CCNC(=O)Nc1ccc(-c2nc(N)cc(C(C)(C)S(=O)(=O)c3ccc(Cl)cc3)n2)cc1. The van der Waals surface area contributed by atoms with Crippen molar-refractivity contribution in [2.24, 2.45) is 0 Å². The minimum Gasteiger partial charge on any atom is -0.384 e. The summed E-state index contributed by atoms with van der Waals surface area (Å²) in [7, 11) is 0.0345. The van der Waals surface area contributed by atoms with E-state index in [1.54, 1.807) is 38.1 Å². The largest absolute Gasteiger partial charge is 0.384 e. The Morgan fingerprint density at radius 1 is 1.06 bits per heavy atom. The molecule has 35 heavy (non-hydrogen) atoms. The molecule has 9 nitrogen and oxygen atoms in total. The summed E-state index contributed by atoms with van der Waals surface area (Å²) in [6.45, 7) is 4.39. The van der Waals surface area contributed by atoms with Crippen molar-refractivity contribution < 1.29 is 13.2 Å². The zero-order valence-corrected chi connectivity index (χ0v) is 21.6. The van der Waals surface area contributed by atoms with Gasteiger partial charge in [-0.25, -0.2) is 23.2 Å². The lowest BCUT2D eigenvalue weighted by Gasteiger charge is -2.25. The molecule has 0 fully saturated rings. The molecule has 0 spiro atoms. The molecule has 3 rings (SSSR count). The molecule has 2 amide bonds. The van der Waals surface area contributed by atoms with Gasteiger partial charge in [0.2, 0.25) is 0 Å². The van der Waals surface area contributed by atoms with Gasteiger partial charge in [0, 0.05) is 35.4 Å². The minimum atomic E-state index is -3.82. The van der Waals surface area contributed by atoms with Crippen LogP contribution in [-0.2, 0) is 14.6 Å². The molecule has 4 N–H and O–H groups in total. The van der Waals surface area contributed by atoms with Crippen molar-refractivity contribution in [3.8, 4) is 11.4 Å². The first-order chi connectivity index (χ1) is 16.4. The first kappa shape index (κ1) is 26.4. The molecule has 0 aliphatic heterocycles. The summed E-state index contributed by atoms with van der Waals surface area (Å²) >= 11 is 5.91. The lowest BCUT2D eigenvalue weighted by molar-refractivity contribution is 0.250. The number of amides is 2. The molecule has 0 unspecified atom stereocenters. The minimum absolute atomic E-state index is 0.130. The summed E-state index contributed by atoms with van der Waals surface area (Å²) < 4.78 is 25.4. The van der Waals surface area contributed by atoms with Crippen LogP contribution in [0.25, 0.3) is 11.4 Å². The normalized spacial score (nSPS) is 11.9. The van der Waals surface area contributed by atoms with E-state index in [1.165, 1.54) is 30.3 Å². The van der Waals surface area contributed by atoms with E-state index in [0.29, 0.717) is 22.8 Å². The number of aromatic nitrogens is 2. The lowest BCUT2D eigenvalue weighted by Crippen LogP contribution is -2.34. The summed E-state index contributed by atoms with van der Waals surface area (Å²) in [5.74, 6) is 0.424. The highest BCUT2D eigenvalue weighted by atomic mass is 35.5. The number of hydrogen-bond acceptors (Lipinski definition) is 7. The van der Waals surface area contributed by atoms with E-state index in [0.717, 1.165) is 6.54 Å². The predicted molar refractivity (Wildman–Crippen MR) is 139 cm³/mol. The lowest BCUT2D eigenvalue weighted by atomic mass is 10.1. The number of sulfone groups is 1. The molecule has 1 aromatic heterocycles. The van der Waals surface area contributed by atoms with E-state index in [2.05, 4.69) is 20.6 Å². The van der Waals surface area contributed by atoms with Crippen LogP contribution in [0, 0.1) is 0 Å². The van der Waals surface area contributed by atoms with Crippen molar-refractivity contribution in [1.29, 1.82) is 0 Å². The summed E-state index contributed by atoms with van der Waals surface area (Å²) in [4.78, 5) is 22.9. The highest BCUT2D eigenvalue weighted by molar-refractivity contribution is 7.92. The van der Waals surface area contributed by atoms with Crippen LogP contribution in [0.1, 0.15) is 19.5 Å². The molecule has 2 aromatic carbocycles. The monoisotopic (exact) mass is 516 g/mol. The van der Waals surface area contributed by atoms with Gasteiger partial charge in [0.25, 0.3) is 0 Å². The third-order valence-corrected chi connectivity index (χ3v) is 8.10. The zero-order chi connectivity index (χ0) is 25.8. The Hall–Kier alpha value is -3.21. The number of halogens is 1. The summed E-state index contributed by atoms with van der Waals surface area (Å²) in [6.07, 6.45) is 0. The number of benzene rings is 2. The van der Waals surface area contributed by atoms with E-state index in [4.69, 9.17) is 17.3 Å². The van der Waals surface area contributed by atoms with E-state index in [9.17, 15) is 13.2 Å². The number of nitrogens with zero attached hydrogens (tertiary/aromatic N) is 3. The summed E-state index contributed by atoms with van der Waals surface area (Å²) in [5, 5.41) is 5.98. The fourth-order valence-corrected chi connectivity index (χ4v) is 4.81. The topological polar surface area (TPSA) is 130 Å². The van der Waals surface area contributed by atoms with E-state index >= 15 is 0 Å². The molecule has 1 heterocycles. The Balaban J connectivity index is 1.84. The number of carbonyl (C=O) groups excluding carboxylic acids is 1.